The summed E-state index contributed by atoms with van der Waals surface area (Å²) in [5, 5.41) is 0. The Kier molecular flexibility index (Phi) is 13.1. The van der Waals surface area contributed by atoms with Crippen LogP contribution in [-0.2, 0) is 40.3 Å². The monoisotopic (exact) mass is 722 g/mol. The molecule has 1 unspecified atom stereocenters. The molecular formula is C40H54N2O8S. The van der Waals surface area contributed by atoms with Gasteiger partial charge >= 0.3 is 0 Å². The van der Waals surface area contributed by atoms with Crippen molar-refractivity contribution >= 4 is 15.7 Å². The maximum Gasteiger partial charge on any atom is 0.243 e. The summed E-state index contributed by atoms with van der Waals surface area (Å²) in [5.41, 5.74) is 5.25. The number of sulfonamides is 1. The summed E-state index contributed by atoms with van der Waals surface area (Å²) in [6.07, 6.45) is 3.13. The SMILES string of the molecule is COCCCO[C@@H]1CN(S(=O)(=O)c2ccc(C)cc2)C[C@H](OCc2ccc3c(c2)N(CCCOC)CCO3)[C@H]1c1ccc(C(OC)C2CC2)cc1. The molecule has 2 aliphatic heterocycles. The van der Waals surface area contributed by atoms with Crippen molar-refractivity contribution in [2.45, 2.75) is 68.3 Å². The van der Waals surface area contributed by atoms with Gasteiger partial charge in [0.15, 0.2) is 0 Å². The first-order valence-corrected chi connectivity index (χ1v) is 19.7. The molecule has 4 atom stereocenters. The second kappa shape index (κ2) is 17.7. The summed E-state index contributed by atoms with van der Waals surface area (Å²) in [6.45, 7) is 6.67. The van der Waals surface area contributed by atoms with Crippen molar-refractivity contribution < 1.29 is 36.8 Å². The van der Waals surface area contributed by atoms with Crippen LogP contribution in [0.3, 0.4) is 0 Å². The highest BCUT2D eigenvalue weighted by Gasteiger charge is 2.44. The van der Waals surface area contributed by atoms with E-state index in [1.54, 1.807) is 37.8 Å². The molecule has 3 aromatic carbocycles. The summed E-state index contributed by atoms with van der Waals surface area (Å²) in [4.78, 5) is 2.60. The minimum absolute atomic E-state index is 0.0794. The Morgan fingerprint density at radius 2 is 1.55 bits per heavy atom. The molecule has 1 aliphatic carbocycles. The lowest BCUT2D eigenvalue weighted by molar-refractivity contribution is -0.0806. The lowest BCUT2D eigenvalue weighted by Crippen LogP contribution is -2.54. The van der Waals surface area contributed by atoms with E-state index in [2.05, 4.69) is 35.2 Å². The van der Waals surface area contributed by atoms with Crippen LogP contribution in [0.1, 0.15) is 60.0 Å². The Labute approximate surface area is 304 Å². The van der Waals surface area contributed by atoms with Crippen molar-refractivity contribution in [1.29, 1.82) is 0 Å². The highest BCUT2D eigenvalue weighted by atomic mass is 32.2. The van der Waals surface area contributed by atoms with E-state index < -0.39 is 22.2 Å². The minimum atomic E-state index is -3.82. The molecule has 278 valence electrons. The summed E-state index contributed by atoms with van der Waals surface area (Å²) in [6, 6.07) is 21.8. The van der Waals surface area contributed by atoms with Gasteiger partial charge in [-0.05, 0) is 79.5 Å². The molecule has 3 aromatic rings. The highest BCUT2D eigenvalue weighted by molar-refractivity contribution is 7.89. The average Bonchev–Trinajstić information content (AvgIpc) is 3.99. The number of nitrogens with zero attached hydrogens (tertiary/aromatic N) is 2. The lowest BCUT2D eigenvalue weighted by Gasteiger charge is -2.43. The van der Waals surface area contributed by atoms with Crippen molar-refractivity contribution in [2.24, 2.45) is 5.92 Å². The highest BCUT2D eigenvalue weighted by Crippen LogP contribution is 2.44. The third-order valence-electron chi connectivity index (χ3n) is 10.2. The van der Waals surface area contributed by atoms with Crippen LogP contribution >= 0.6 is 0 Å². The number of hydrogen-bond acceptors (Lipinski definition) is 9. The fourth-order valence-corrected chi connectivity index (χ4v) is 8.79. The van der Waals surface area contributed by atoms with Gasteiger partial charge in [-0.3, -0.25) is 0 Å². The van der Waals surface area contributed by atoms with Crippen molar-refractivity contribution in [1.82, 2.24) is 4.31 Å². The van der Waals surface area contributed by atoms with Crippen LogP contribution in [0.2, 0.25) is 0 Å². The number of ether oxygens (including phenoxy) is 6. The zero-order valence-electron chi connectivity index (χ0n) is 30.5. The van der Waals surface area contributed by atoms with Gasteiger partial charge in [0, 0.05) is 66.7 Å². The van der Waals surface area contributed by atoms with Gasteiger partial charge in [-0.1, -0.05) is 48.0 Å². The molecule has 10 nitrogen and oxygen atoms in total. The molecule has 0 N–H and O–H groups in total. The number of rotatable bonds is 18. The molecule has 0 bridgehead atoms. The Bertz CT molecular complexity index is 1650. The molecule has 1 saturated heterocycles. The van der Waals surface area contributed by atoms with Gasteiger partial charge < -0.3 is 33.3 Å². The standard InChI is InChI=1S/C40H54N2O8S/c1-29-7-16-34(17-8-29)51(43,44)42-26-37(48-23-6-22-46-3)39(31-10-12-32(13-11-31)40(47-4)33-14-15-33)38(27-42)50-28-30-9-18-36-35(25-30)41(20-24-49-36)19-5-21-45-2/h7-13,16-18,25,33,37-40H,5-6,14-15,19-24,26-28H2,1-4H3/t37-,38+,39+,40?/m1/s1. The summed E-state index contributed by atoms with van der Waals surface area (Å²) in [5.74, 6) is 1.21. The summed E-state index contributed by atoms with van der Waals surface area (Å²) >= 11 is 0. The van der Waals surface area contributed by atoms with Gasteiger partial charge in [0.2, 0.25) is 10.0 Å². The van der Waals surface area contributed by atoms with E-state index in [4.69, 9.17) is 28.4 Å². The first-order chi connectivity index (χ1) is 24.8. The maximum absolute atomic E-state index is 14.2. The van der Waals surface area contributed by atoms with Crippen LogP contribution in [-0.4, -0.2) is 98.9 Å². The van der Waals surface area contributed by atoms with Gasteiger partial charge in [0.1, 0.15) is 12.4 Å². The molecule has 11 heteroatoms. The molecule has 3 aliphatic rings. The van der Waals surface area contributed by atoms with Crippen molar-refractivity contribution in [3.63, 3.8) is 0 Å². The normalized spacial score (nSPS) is 21.6. The van der Waals surface area contributed by atoms with Crippen molar-refractivity contribution in [3.8, 4) is 5.75 Å². The van der Waals surface area contributed by atoms with Crippen LogP contribution in [0.25, 0.3) is 0 Å². The van der Waals surface area contributed by atoms with Gasteiger partial charge in [0.25, 0.3) is 0 Å². The first-order valence-electron chi connectivity index (χ1n) is 18.2. The molecule has 0 aromatic heterocycles. The van der Waals surface area contributed by atoms with Crippen LogP contribution in [0.15, 0.2) is 71.6 Å². The van der Waals surface area contributed by atoms with E-state index in [-0.39, 0.29) is 30.0 Å². The topological polar surface area (TPSA) is 96.0 Å². The summed E-state index contributed by atoms with van der Waals surface area (Å²) < 4.78 is 65.7. The third-order valence-corrected chi connectivity index (χ3v) is 12.1. The number of fused-ring (bicyclic) bond motifs is 1. The van der Waals surface area contributed by atoms with Gasteiger partial charge in [0.05, 0.1) is 42.0 Å². The van der Waals surface area contributed by atoms with Crippen LogP contribution < -0.4 is 9.64 Å². The first kappa shape index (κ1) is 37.7. The number of aryl methyl sites for hydroxylation is 1. The van der Waals surface area contributed by atoms with Crippen molar-refractivity contribution in [2.75, 3.05) is 78.8 Å². The molecule has 2 heterocycles. The average molecular weight is 723 g/mol. The second-order valence-corrected chi connectivity index (χ2v) is 15.8. The molecule has 0 amide bonds. The minimum Gasteiger partial charge on any atom is -0.490 e. The fraction of sp³-hybridized carbons (Fsp3) is 0.550. The number of piperidine rings is 1. The Morgan fingerprint density at radius 1 is 0.843 bits per heavy atom. The predicted molar refractivity (Wildman–Crippen MR) is 197 cm³/mol. The maximum atomic E-state index is 14.2. The van der Waals surface area contributed by atoms with Gasteiger partial charge in [-0.25, -0.2) is 8.42 Å². The summed E-state index contributed by atoms with van der Waals surface area (Å²) in [7, 11) is 1.35. The zero-order chi connectivity index (χ0) is 35.8. The lowest BCUT2D eigenvalue weighted by atomic mass is 9.84. The molecule has 0 spiro atoms. The largest absolute Gasteiger partial charge is 0.490 e. The number of methoxy groups -OCH3 is 3. The quantitative estimate of drug-likeness (QED) is 0.144. The van der Waals surface area contributed by atoms with Crippen LogP contribution in [0.5, 0.6) is 5.75 Å². The van der Waals surface area contributed by atoms with E-state index in [0.717, 1.165) is 53.2 Å². The Balaban J connectivity index is 1.30. The smallest absolute Gasteiger partial charge is 0.243 e. The second-order valence-electron chi connectivity index (χ2n) is 13.9. The number of benzene rings is 3. The van der Waals surface area contributed by atoms with Gasteiger partial charge in [-0.2, -0.15) is 4.31 Å². The Hall–Kier alpha value is -3.03. The molecule has 2 fully saturated rings. The molecule has 1 saturated carbocycles. The van der Waals surface area contributed by atoms with Crippen molar-refractivity contribution in [3.05, 3.63) is 89.0 Å². The predicted octanol–water partition coefficient (Wildman–Crippen LogP) is 6.12. The fourth-order valence-electron chi connectivity index (χ4n) is 7.33. The van der Waals surface area contributed by atoms with Crippen LogP contribution in [0.4, 0.5) is 5.69 Å². The van der Waals surface area contributed by atoms with Gasteiger partial charge in [-0.15, -0.1) is 0 Å². The number of hydrogen-bond donors (Lipinski definition) is 0. The molecule has 0 radical (unpaired) electrons. The Morgan fingerprint density at radius 3 is 2.24 bits per heavy atom. The van der Waals surface area contributed by atoms with E-state index in [1.165, 1.54) is 12.8 Å². The zero-order valence-corrected chi connectivity index (χ0v) is 31.3. The number of anilines is 1. The van der Waals surface area contributed by atoms with E-state index in [9.17, 15) is 8.42 Å². The van der Waals surface area contributed by atoms with Crippen LogP contribution in [0, 0.1) is 12.8 Å². The molecule has 6 rings (SSSR count). The third kappa shape index (κ3) is 9.32. The van der Waals surface area contributed by atoms with E-state index in [0.29, 0.717) is 45.4 Å². The molecular weight excluding hydrogens is 669 g/mol. The van der Waals surface area contributed by atoms with E-state index in [1.807, 2.05) is 31.2 Å². The van der Waals surface area contributed by atoms with E-state index >= 15 is 0 Å². The molecule has 51 heavy (non-hydrogen) atoms.